The number of halogens is 1. The van der Waals surface area contributed by atoms with Gasteiger partial charge in [-0.3, -0.25) is 9.48 Å². The fourth-order valence-electron chi connectivity index (χ4n) is 3.95. The smallest absolute Gasteiger partial charge is 0.407 e. The molecule has 1 aromatic carbocycles. The zero-order valence-electron chi connectivity index (χ0n) is 22.3. The quantitative estimate of drug-likeness (QED) is 0.326. The van der Waals surface area contributed by atoms with Gasteiger partial charge in [-0.05, 0) is 58.2 Å². The van der Waals surface area contributed by atoms with Crippen molar-refractivity contribution in [2.75, 3.05) is 10.6 Å². The number of carbonyl (C=O) groups excluding carboxylic acids is 2. The zero-order valence-corrected chi connectivity index (χ0v) is 22.3. The van der Waals surface area contributed by atoms with E-state index in [1.54, 1.807) is 37.7 Å². The molecule has 5 N–H and O–H groups in total. The summed E-state index contributed by atoms with van der Waals surface area (Å²) in [4.78, 5) is 28.9. The second kappa shape index (κ2) is 11.0. The number of aryl methyl sites for hydroxylation is 1. The van der Waals surface area contributed by atoms with Gasteiger partial charge in [0.2, 0.25) is 0 Å². The van der Waals surface area contributed by atoms with Crippen LogP contribution in [0.2, 0.25) is 0 Å². The van der Waals surface area contributed by atoms with Gasteiger partial charge in [0.15, 0.2) is 11.6 Å². The number of aromatic nitrogens is 3. The summed E-state index contributed by atoms with van der Waals surface area (Å²) in [5.74, 6) is -1.30. The number of nitrogens with two attached hydrogens (primary N) is 1. The highest BCUT2D eigenvalue weighted by molar-refractivity contribution is 6.00. The summed E-state index contributed by atoms with van der Waals surface area (Å²) >= 11 is 0. The SMILES string of the molecule is CC(C)C[C@@H](Nc1nc(Nc2cccc3c2cnn3C)c(C(N)=O)cc1F)[C@H](C)NC(=O)OC(C)(C)C. The highest BCUT2D eigenvalue weighted by Crippen LogP contribution is 2.29. The molecular formula is C26H36FN7O3. The van der Waals surface area contributed by atoms with E-state index in [4.69, 9.17) is 10.5 Å². The molecule has 0 saturated heterocycles. The minimum Gasteiger partial charge on any atom is -0.444 e. The first kappa shape index (κ1) is 27.7. The highest BCUT2D eigenvalue weighted by Gasteiger charge is 2.26. The van der Waals surface area contributed by atoms with Crippen LogP contribution < -0.4 is 21.7 Å². The predicted molar refractivity (Wildman–Crippen MR) is 142 cm³/mol. The molecule has 2 atom stereocenters. The minimum absolute atomic E-state index is 0.0747. The van der Waals surface area contributed by atoms with Crippen LogP contribution in [-0.4, -0.2) is 44.4 Å². The maximum absolute atomic E-state index is 15.1. The standard InChI is InChI=1S/C26H36FN7O3/c1-14(2)11-20(15(3)30-25(36)37-26(4,5)6)32-24-18(27)12-16(22(28)35)23(33-24)31-19-9-8-10-21-17(19)13-29-34(21)7/h8-10,12-15,20H,11H2,1-7H3,(H2,28,35)(H,30,36)(H2,31,32,33)/t15-,20+/m0/s1. The van der Waals surface area contributed by atoms with E-state index in [1.165, 1.54) is 0 Å². The average Bonchev–Trinajstić information content (AvgIpc) is 3.15. The third-order valence-electron chi connectivity index (χ3n) is 5.68. The summed E-state index contributed by atoms with van der Waals surface area (Å²) in [7, 11) is 1.82. The van der Waals surface area contributed by atoms with E-state index in [2.05, 4.69) is 26.0 Å². The maximum Gasteiger partial charge on any atom is 0.407 e. The molecule has 200 valence electrons. The molecular weight excluding hydrogens is 477 g/mol. The highest BCUT2D eigenvalue weighted by atomic mass is 19.1. The largest absolute Gasteiger partial charge is 0.444 e. The zero-order chi connectivity index (χ0) is 27.5. The topological polar surface area (TPSA) is 136 Å². The van der Waals surface area contributed by atoms with Crippen molar-refractivity contribution >= 4 is 40.2 Å². The second-order valence-electron chi connectivity index (χ2n) is 10.5. The van der Waals surface area contributed by atoms with Crippen LogP contribution in [0.4, 0.5) is 26.5 Å². The first-order chi connectivity index (χ1) is 17.2. The number of alkyl carbamates (subject to hydrolysis) is 1. The number of nitrogens with zero attached hydrogens (tertiary/aromatic N) is 3. The first-order valence-electron chi connectivity index (χ1n) is 12.2. The summed E-state index contributed by atoms with van der Waals surface area (Å²) in [5.41, 5.74) is 6.30. The van der Waals surface area contributed by atoms with Gasteiger partial charge in [0.25, 0.3) is 5.91 Å². The lowest BCUT2D eigenvalue weighted by Gasteiger charge is -2.29. The van der Waals surface area contributed by atoms with Crippen LogP contribution in [0.3, 0.4) is 0 Å². The normalized spacial score (nSPS) is 13.3. The minimum atomic E-state index is -0.822. The van der Waals surface area contributed by atoms with Crippen molar-refractivity contribution in [1.29, 1.82) is 0 Å². The van der Waals surface area contributed by atoms with Crippen molar-refractivity contribution in [3.63, 3.8) is 0 Å². The van der Waals surface area contributed by atoms with Crippen LogP contribution in [0.15, 0.2) is 30.5 Å². The Hall–Kier alpha value is -3.89. The van der Waals surface area contributed by atoms with Crippen LogP contribution in [0.25, 0.3) is 10.9 Å². The summed E-state index contributed by atoms with van der Waals surface area (Å²) in [6.45, 7) is 11.2. The molecule has 0 saturated carbocycles. The Morgan fingerprint density at radius 3 is 2.51 bits per heavy atom. The lowest BCUT2D eigenvalue weighted by Crippen LogP contribution is -2.47. The van der Waals surface area contributed by atoms with Gasteiger partial charge in [0, 0.05) is 24.5 Å². The van der Waals surface area contributed by atoms with E-state index in [0.29, 0.717) is 12.1 Å². The number of carbonyl (C=O) groups is 2. The van der Waals surface area contributed by atoms with E-state index < -0.39 is 29.5 Å². The van der Waals surface area contributed by atoms with Gasteiger partial charge in [-0.25, -0.2) is 14.2 Å². The van der Waals surface area contributed by atoms with Crippen LogP contribution >= 0.6 is 0 Å². The molecule has 0 unspecified atom stereocenters. The van der Waals surface area contributed by atoms with Crippen LogP contribution in [0, 0.1) is 11.7 Å². The number of hydrogen-bond acceptors (Lipinski definition) is 7. The summed E-state index contributed by atoms with van der Waals surface area (Å²) in [5, 5.41) is 14.1. The summed E-state index contributed by atoms with van der Waals surface area (Å²) < 4.78 is 22.2. The van der Waals surface area contributed by atoms with Crippen LogP contribution in [0.1, 0.15) is 58.3 Å². The van der Waals surface area contributed by atoms with Crippen LogP contribution in [0.5, 0.6) is 0 Å². The molecule has 11 heteroatoms. The van der Waals surface area contributed by atoms with Gasteiger partial charge in [-0.2, -0.15) is 5.10 Å². The third-order valence-corrected chi connectivity index (χ3v) is 5.68. The lowest BCUT2D eigenvalue weighted by atomic mass is 9.98. The average molecular weight is 514 g/mol. The van der Waals surface area contributed by atoms with E-state index in [1.807, 2.05) is 40.0 Å². The monoisotopic (exact) mass is 513 g/mol. The molecule has 0 aliphatic rings. The Labute approximate surface area is 216 Å². The molecule has 2 aromatic heterocycles. The van der Waals surface area contributed by atoms with E-state index in [9.17, 15) is 9.59 Å². The second-order valence-corrected chi connectivity index (χ2v) is 10.5. The Kier molecular flexibility index (Phi) is 8.25. The Morgan fingerprint density at radius 2 is 1.89 bits per heavy atom. The number of fused-ring (bicyclic) bond motifs is 1. The van der Waals surface area contributed by atoms with Crippen molar-refractivity contribution in [2.24, 2.45) is 18.7 Å². The van der Waals surface area contributed by atoms with Gasteiger partial charge >= 0.3 is 6.09 Å². The lowest BCUT2D eigenvalue weighted by molar-refractivity contribution is 0.0501. The Balaban J connectivity index is 1.93. The number of amides is 2. The number of pyridine rings is 1. The van der Waals surface area contributed by atoms with E-state index >= 15 is 4.39 Å². The molecule has 0 spiro atoms. The Bertz CT molecular complexity index is 1280. The van der Waals surface area contributed by atoms with Crippen molar-refractivity contribution in [1.82, 2.24) is 20.1 Å². The number of primary amides is 1. The van der Waals surface area contributed by atoms with E-state index in [-0.39, 0.29) is 29.2 Å². The molecule has 0 aliphatic heterocycles. The summed E-state index contributed by atoms with van der Waals surface area (Å²) in [6.07, 6.45) is 1.72. The van der Waals surface area contributed by atoms with Crippen LogP contribution in [-0.2, 0) is 11.8 Å². The van der Waals surface area contributed by atoms with Crippen molar-refractivity contribution in [2.45, 2.75) is 65.6 Å². The van der Waals surface area contributed by atoms with Gasteiger partial charge in [-0.15, -0.1) is 0 Å². The van der Waals surface area contributed by atoms with Crippen molar-refractivity contribution < 1.29 is 18.7 Å². The number of rotatable bonds is 9. The molecule has 2 amide bonds. The number of hydrogen-bond donors (Lipinski definition) is 4. The predicted octanol–water partition coefficient (Wildman–Crippen LogP) is 4.69. The molecule has 3 aromatic rings. The number of ether oxygens (including phenoxy) is 1. The molecule has 37 heavy (non-hydrogen) atoms. The number of benzene rings is 1. The van der Waals surface area contributed by atoms with Gasteiger partial charge < -0.3 is 26.4 Å². The number of anilines is 3. The molecule has 2 heterocycles. The third kappa shape index (κ3) is 7.08. The number of nitrogens with one attached hydrogen (secondary N) is 3. The van der Waals surface area contributed by atoms with Gasteiger partial charge in [-0.1, -0.05) is 19.9 Å². The molecule has 0 aliphatic carbocycles. The molecule has 0 radical (unpaired) electrons. The molecule has 3 rings (SSSR count). The van der Waals surface area contributed by atoms with Gasteiger partial charge in [0.05, 0.1) is 23.0 Å². The summed E-state index contributed by atoms with van der Waals surface area (Å²) in [6, 6.07) is 5.80. The maximum atomic E-state index is 15.1. The molecule has 0 fully saturated rings. The van der Waals surface area contributed by atoms with Gasteiger partial charge in [0.1, 0.15) is 11.4 Å². The first-order valence-corrected chi connectivity index (χ1v) is 12.2. The van der Waals surface area contributed by atoms with E-state index in [0.717, 1.165) is 17.0 Å². The van der Waals surface area contributed by atoms with Crippen molar-refractivity contribution in [3.8, 4) is 0 Å². The fourth-order valence-corrected chi connectivity index (χ4v) is 3.95. The molecule has 0 bridgehead atoms. The fraction of sp³-hybridized carbons (Fsp3) is 0.462. The van der Waals surface area contributed by atoms with Crippen molar-refractivity contribution in [3.05, 3.63) is 41.8 Å². The Morgan fingerprint density at radius 1 is 1.19 bits per heavy atom. The molecule has 10 nitrogen and oxygen atoms in total.